The molecule has 0 saturated heterocycles. The maximum atomic E-state index is 13.5. The lowest BCUT2D eigenvalue weighted by atomic mass is 10.2. The third-order valence-electron chi connectivity index (χ3n) is 4.80. The Morgan fingerprint density at radius 3 is 2.56 bits per heavy atom. The molecule has 0 unspecified atom stereocenters. The van der Waals surface area contributed by atoms with Crippen molar-refractivity contribution in [3.05, 3.63) is 90.0 Å². The highest BCUT2D eigenvalue weighted by atomic mass is 19.2. The quantitative estimate of drug-likeness (QED) is 0.467. The van der Waals surface area contributed by atoms with E-state index in [2.05, 4.69) is 25.5 Å². The SMILES string of the molecule is Cc1cc(NC(=O)c2ccc(F)c(F)c2)n(-c2ncnc3c2cnn3-c2ccccc2)n1. The third-order valence-corrected chi connectivity index (χ3v) is 4.80. The molecule has 0 aliphatic carbocycles. The first-order valence-corrected chi connectivity index (χ1v) is 9.59. The molecule has 8 nitrogen and oxygen atoms in total. The predicted octanol–water partition coefficient (Wildman–Crippen LogP) is 3.84. The summed E-state index contributed by atoms with van der Waals surface area (Å²) in [6.45, 7) is 1.76. The molecule has 1 N–H and O–H groups in total. The van der Waals surface area contributed by atoms with Crippen molar-refractivity contribution in [1.29, 1.82) is 0 Å². The average Bonchev–Trinajstić information content (AvgIpc) is 3.39. The van der Waals surface area contributed by atoms with Crippen LogP contribution in [-0.2, 0) is 0 Å². The number of hydrogen-bond donors (Lipinski definition) is 1. The molecule has 5 aromatic rings. The molecule has 0 bridgehead atoms. The lowest BCUT2D eigenvalue weighted by molar-refractivity contribution is 0.102. The van der Waals surface area contributed by atoms with Gasteiger partial charge < -0.3 is 5.32 Å². The van der Waals surface area contributed by atoms with E-state index >= 15 is 0 Å². The molecule has 0 aliphatic rings. The summed E-state index contributed by atoms with van der Waals surface area (Å²) < 4.78 is 29.9. The summed E-state index contributed by atoms with van der Waals surface area (Å²) in [5.41, 5.74) is 1.98. The molecule has 2 aromatic carbocycles. The van der Waals surface area contributed by atoms with Gasteiger partial charge >= 0.3 is 0 Å². The Morgan fingerprint density at radius 1 is 0.969 bits per heavy atom. The minimum Gasteiger partial charge on any atom is -0.306 e. The summed E-state index contributed by atoms with van der Waals surface area (Å²) in [4.78, 5) is 21.3. The number of nitrogens with one attached hydrogen (secondary N) is 1. The van der Waals surface area contributed by atoms with Crippen LogP contribution in [0.15, 0.2) is 67.1 Å². The van der Waals surface area contributed by atoms with Crippen molar-refractivity contribution in [2.45, 2.75) is 6.92 Å². The fourth-order valence-corrected chi connectivity index (χ4v) is 3.33. The molecule has 5 rings (SSSR count). The monoisotopic (exact) mass is 431 g/mol. The number of rotatable bonds is 4. The summed E-state index contributed by atoms with van der Waals surface area (Å²) >= 11 is 0. The Bertz CT molecular complexity index is 1460. The number of carbonyl (C=O) groups excluding carboxylic acids is 1. The van der Waals surface area contributed by atoms with Crippen molar-refractivity contribution >= 4 is 22.8 Å². The molecule has 0 aliphatic heterocycles. The second-order valence-electron chi connectivity index (χ2n) is 6.99. The number of aryl methyl sites for hydroxylation is 1. The van der Waals surface area contributed by atoms with Crippen LogP contribution in [0.2, 0.25) is 0 Å². The van der Waals surface area contributed by atoms with E-state index in [4.69, 9.17) is 0 Å². The summed E-state index contributed by atoms with van der Waals surface area (Å²) in [5, 5.41) is 12.1. The Morgan fingerprint density at radius 2 is 1.78 bits per heavy atom. The van der Waals surface area contributed by atoms with Crippen LogP contribution >= 0.6 is 0 Å². The van der Waals surface area contributed by atoms with Gasteiger partial charge in [-0.05, 0) is 37.3 Å². The van der Waals surface area contributed by atoms with Gasteiger partial charge in [0, 0.05) is 11.6 Å². The van der Waals surface area contributed by atoms with Gasteiger partial charge in [0.1, 0.15) is 12.1 Å². The first kappa shape index (κ1) is 19.5. The molecule has 0 atom stereocenters. The third kappa shape index (κ3) is 3.37. The van der Waals surface area contributed by atoms with Gasteiger partial charge in [-0.15, -0.1) is 0 Å². The smallest absolute Gasteiger partial charge is 0.256 e. The van der Waals surface area contributed by atoms with Gasteiger partial charge in [0.2, 0.25) is 0 Å². The number of hydrogen-bond acceptors (Lipinski definition) is 5. The van der Waals surface area contributed by atoms with Crippen molar-refractivity contribution in [3.8, 4) is 11.5 Å². The standard InChI is InChI=1S/C22H15F2N7O/c1-13-9-19(28-22(32)14-7-8-17(23)18(24)10-14)31(29-13)21-16-11-27-30(20(16)25-12-26-21)15-5-3-2-4-6-15/h2-12H,1H3,(H,28,32). The molecule has 158 valence electrons. The fourth-order valence-electron chi connectivity index (χ4n) is 3.33. The van der Waals surface area contributed by atoms with Gasteiger partial charge in [0.25, 0.3) is 5.91 Å². The fraction of sp³-hybridized carbons (Fsp3) is 0.0455. The van der Waals surface area contributed by atoms with E-state index in [-0.39, 0.29) is 5.56 Å². The lowest BCUT2D eigenvalue weighted by Crippen LogP contribution is -2.16. The summed E-state index contributed by atoms with van der Waals surface area (Å²) in [6.07, 6.45) is 3.01. The van der Waals surface area contributed by atoms with E-state index in [0.717, 1.165) is 17.8 Å². The van der Waals surface area contributed by atoms with E-state index in [0.29, 0.717) is 28.4 Å². The molecule has 32 heavy (non-hydrogen) atoms. The second kappa shape index (κ2) is 7.65. The van der Waals surface area contributed by atoms with E-state index < -0.39 is 17.5 Å². The molecule has 0 spiro atoms. The highest BCUT2D eigenvalue weighted by Crippen LogP contribution is 2.24. The van der Waals surface area contributed by atoms with E-state index in [1.54, 1.807) is 23.9 Å². The molecule has 0 saturated carbocycles. The minimum atomic E-state index is -1.10. The summed E-state index contributed by atoms with van der Waals surface area (Å²) in [6, 6.07) is 14.1. The average molecular weight is 431 g/mol. The number of fused-ring (bicyclic) bond motifs is 1. The zero-order valence-electron chi connectivity index (χ0n) is 16.7. The zero-order chi connectivity index (χ0) is 22.2. The summed E-state index contributed by atoms with van der Waals surface area (Å²) in [5.74, 6) is -2.03. The Labute approximate surface area is 180 Å². The predicted molar refractivity (Wildman–Crippen MR) is 113 cm³/mol. The number of benzene rings is 2. The maximum Gasteiger partial charge on any atom is 0.256 e. The van der Waals surface area contributed by atoms with Crippen molar-refractivity contribution in [3.63, 3.8) is 0 Å². The van der Waals surface area contributed by atoms with Gasteiger partial charge in [-0.1, -0.05) is 18.2 Å². The number of para-hydroxylation sites is 1. The lowest BCUT2D eigenvalue weighted by Gasteiger charge is -2.09. The van der Waals surface area contributed by atoms with Gasteiger partial charge in [-0.2, -0.15) is 14.9 Å². The van der Waals surface area contributed by atoms with Gasteiger partial charge in [-0.3, -0.25) is 4.79 Å². The zero-order valence-corrected chi connectivity index (χ0v) is 16.7. The topological polar surface area (TPSA) is 90.5 Å². The minimum absolute atomic E-state index is 0.0287. The Hall–Kier alpha value is -4.47. The van der Waals surface area contributed by atoms with E-state index in [9.17, 15) is 13.6 Å². The van der Waals surface area contributed by atoms with E-state index in [1.807, 2.05) is 30.3 Å². The molecule has 10 heteroatoms. The van der Waals surface area contributed by atoms with Crippen LogP contribution in [-0.4, -0.2) is 35.4 Å². The van der Waals surface area contributed by atoms with Crippen LogP contribution in [0, 0.1) is 18.6 Å². The van der Waals surface area contributed by atoms with Crippen LogP contribution in [0.4, 0.5) is 14.6 Å². The van der Waals surface area contributed by atoms with E-state index in [1.165, 1.54) is 17.1 Å². The largest absolute Gasteiger partial charge is 0.306 e. The van der Waals surface area contributed by atoms with Crippen molar-refractivity contribution in [1.82, 2.24) is 29.5 Å². The number of amides is 1. The van der Waals surface area contributed by atoms with Gasteiger partial charge in [0.15, 0.2) is 23.1 Å². The number of halogens is 2. The number of nitrogens with zero attached hydrogens (tertiary/aromatic N) is 6. The highest BCUT2D eigenvalue weighted by molar-refractivity contribution is 6.04. The number of anilines is 1. The number of aromatic nitrogens is 6. The van der Waals surface area contributed by atoms with Crippen LogP contribution < -0.4 is 5.32 Å². The van der Waals surface area contributed by atoms with Crippen molar-refractivity contribution < 1.29 is 13.6 Å². The highest BCUT2D eigenvalue weighted by Gasteiger charge is 2.18. The number of carbonyl (C=O) groups is 1. The van der Waals surface area contributed by atoms with Crippen molar-refractivity contribution in [2.24, 2.45) is 0 Å². The molecule has 1 amide bonds. The van der Waals surface area contributed by atoms with Crippen LogP contribution in [0.5, 0.6) is 0 Å². The molecule has 3 heterocycles. The maximum absolute atomic E-state index is 13.5. The van der Waals surface area contributed by atoms with Crippen molar-refractivity contribution in [2.75, 3.05) is 5.32 Å². The first-order valence-electron chi connectivity index (χ1n) is 9.59. The van der Waals surface area contributed by atoms with Crippen LogP contribution in [0.1, 0.15) is 16.1 Å². The van der Waals surface area contributed by atoms with Crippen LogP contribution in [0.3, 0.4) is 0 Å². The normalized spacial score (nSPS) is 11.1. The van der Waals surface area contributed by atoms with Gasteiger partial charge in [-0.25, -0.2) is 23.4 Å². The second-order valence-corrected chi connectivity index (χ2v) is 6.99. The van der Waals surface area contributed by atoms with Crippen LogP contribution in [0.25, 0.3) is 22.5 Å². The Kier molecular flexibility index (Phi) is 4.66. The van der Waals surface area contributed by atoms with Gasteiger partial charge in [0.05, 0.1) is 23.0 Å². The molecule has 0 radical (unpaired) electrons. The molecular weight excluding hydrogens is 416 g/mol. The Balaban J connectivity index is 1.56. The molecule has 0 fully saturated rings. The first-order chi connectivity index (χ1) is 15.5. The molecule has 3 aromatic heterocycles. The molecular formula is C22H15F2N7O. The summed E-state index contributed by atoms with van der Waals surface area (Å²) in [7, 11) is 0.